The van der Waals surface area contributed by atoms with Gasteiger partial charge in [0.25, 0.3) is 5.91 Å². The number of amides is 1. The molecule has 9 heteroatoms. The normalized spacial score (nSPS) is 13.7. The topological polar surface area (TPSA) is 84.5 Å². The van der Waals surface area contributed by atoms with E-state index in [1.165, 1.54) is 36.4 Å². The molecule has 0 aromatic heterocycles. The third-order valence-electron chi connectivity index (χ3n) is 5.10. The molecule has 0 spiro atoms. The predicted molar refractivity (Wildman–Crippen MR) is 120 cm³/mol. The van der Waals surface area contributed by atoms with Gasteiger partial charge < -0.3 is 10.1 Å². The monoisotopic (exact) mass is 472 g/mol. The summed E-state index contributed by atoms with van der Waals surface area (Å²) < 4.78 is 57.4. The van der Waals surface area contributed by atoms with Gasteiger partial charge in [-0.05, 0) is 60.9 Å². The number of anilines is 1. The molecule has 4 rings (SSSR count). The highest BCUT2D eigenvalue weighted by Crippen LogP contribution is 2.27. The minimum atomic E-state index is -3.61. The molecule has 0 bridgehead atoms. The molecule has 1 fully saturated rings. The molecule has 2 N–H and O–H groups in total. The van der Waals surface area contributed by atoms with E-state index in [1.807, 2.05) is 30.3 Å². The molecule has 3 aromatic rings. The molecule has 1 saturated carbocycles. The quantitative estimate of drug-likeness (QED) is 0.478. The first kappa shape index (κ1) is 22.9. The summed E-state index contributed by atoms with van der Waals surface area (Å²) in [6.07, 6.45) is 1.99. The van der Waals surface area contributed by atoms with Crippen molar-refractivity contribution in [2.24, 2.45) is 0 Å². The summed E-state index contributed by atoms with van der Waals surface area (Å²) in [5.41, 5.74) is 2.06. The molecule has 172 valence electrons. The maximum atomic E-state index is 12.8. The minimum absolute atomic E-state index is 0.0138. The van der Waals surface area contributed by atoms with Crippen molar-refractivity contribution in [1.29, 1.82) is 0 Å². The number of hydrogen-bond donors (Lipinski definition) is 2. The third kappa shape index (κ3) is 6.15. The van der Waals surface area contributed by atoms with E-state index >= 15 is 0 Å². The molecule has 0 unspecified atom stereocenters. The largest absolute Gasteiger partial charge is 0.435 e. The second-order valence-corrected chi connectivity index (χ2v) is 9.45. The number of benzene rings is 3. The Bertz CT molecular complexity index is 1230. The van der Waals surface area contributed by atoms with Crippen LogP contribution in [-0.2, 0) is 16.4 Å². The van der Waals surface area contributed by atoms with Crippen molar-refractivity contribution in [2.45, 2.75) is 36.8 Å². The van der Waals surface area contributed by atoms with Crippen LogP contribution in [0.15, 0.2) is 77.7 Å². The molecule has 1 aliphatic rings. The van der Waals surface area contributed by atoms with E-state index in [-0.39, 0.29) is 22.3 Å². The van der Waals surface area contributed by atoms with Gasteiger partial charge in [0.15, 0.2) is 0 Å². The Labute approximate surface area is 190 Å². The lowest BCUT2D eigenvalue weighted by Gasteiger charge is -2.14. The van der Waals surface area contributed by atoms with Crippen molar-refractivity contribution in [1.82, 2.24) is 4.72 Å². The summed E-state index contributed by atoms with van der Waals surface area (Å²) >= 11 is 0. The van der Waals surface area contributed by atoms with E-state index in [2.05, 4.69) is 14.8 Å². The number of halogens is 2. The molecule has 0 heterocycles. The van der Waals surface area contributed by atoms with Gasteiger partial charge in [-0.25, -0.2) is 13.1 Å². The fraction of sp³-hybridized carbons (Fsp3) is 0.208. The summed E-state index contributed by atoms with van der Waals surface area (Å²) in [7, 11) is -3.61. The lowest BCUT2D eigenvalue weighted by molar-refractivity contribution is -0.0503. The van der Waals surface area contributed by atoms with Gasteiger partial charge in [0.1, 0.15) is 5.75 Å². The van der Waals surface area contributed by atoms with Crippen molar-refractivity contribution < 1.29 is 26.7 Å². The van der Waals surface area contributed by atoms with Crippen LogP contribution in [0.4, 0.5) is 14.5 Å². The molecule has 6 nitrogen and oxygen atoms in total. The highest BCUT2D eigenvalue weighted by Gasteiger charge is 2.28. The SMILES string of the molecule is O=C(Nc1ccc(OC(F)F)c(Cc2ccccc2)c1)c1ccc(S(=O)(=O)NC2CC2)cc1. The molecule has 0 aliphatic heterocycles. The van der Waals surface area contributed by atoms with Gasteiger partial charge >= 0.3 is 6.61 Å². The highest BCUT2D eigenvalue weighted by atomic mass is 32.2. The molecular weight excluding hydrogens is 450 g/mol. The number of hydrogen-bond acceptors (Lipinski definition) is 4. The fourth-order valence-corrected chi connectivity index (χ4v) is 4.60. The number of carbonyl (C=O) groups is 1. The standard InChI is InChI=1S/C24H22F2N2O4S/c25-24(26)32-22-13-10-20(15-18(22)14-16-4-2-1-3-5-16)27-23(29)17-6-11-21(12-7-17)33(30,31)28-19-8-9-19/h1-7,10-13,15,19,24,28H,8-9,14H2,(H,27,29). The first-order valence-electron chi connectivity index (χ1n) is 10.4. The van der Waals surface area contributed by atoms with Crippen molar-refractivity contribution in [3.63, 3.8) is 0 Å². The fourth-order valence-electron chi connectivity index (χ4n) is 3.30. The Balaban J connectivity index is 1.50. The second-order valence-electron chi connectivity index (χ2n) is 7.74. The number of nitrogens with one attached hydrogen (secondary N) is 2. The number of rotatable bonds is 9. The molecule has 0 radical (unpaired) electrons. The Morgan fingerprint density at radius 2 is 1.70 bits per heavy atom. The number of alkyl halides is 2. The van der Waals surface area contributed by atoms with Crippen molar-refractivity contribution in [2.75, 3.05) is 5.32 Å². The molecule has 3 aromatic carbocycles. The van der Waals surface area contributed by atoms with Crippen LogP contribution in [0.5, 0.6) is 5.75 Å². The van der Waals surface area contributed by atoms with E-state index in [4.69, 9.17) is 0 Å². The molecule has 33 heavy (non-hydrogen) atoms. The van der Waals surface area contributed by atoms with Crippen LogP contribution in [0.1, 0.15) is 34.3 Å². The molecule has 0 atom stereocenters. The average Bonchev–Trinajstić information content (AvgIpc) is 3.59. The molecule has 0 saturated heterocycles. The lowest BCUT2D eigenvalue weighted by atomic mass is 10.0. The average molecular weight is 473 g/mol. The van der Waals surface area contributed by atoms with Gasteiger partial charge in [0.2, 0.25) is 10.0 Å². The Hall–Kier alpha value is -3.30. The van der Waals surface area contributed by atoms with Gasteiger partial charge in [0, 0.05) is 29.3 Å². The Morgan fingerprint density at radius 1 is 1.00 bits per heavy atom. The molecular formula is C24H22F2N2O4S. The van der Waals surface area contributed by atoms with Crippen LogP contribution < -0.4 is 14.8 Å². The minimum Gasteiger partial charge on any atom is -0.435 e. The van der Waals surface area contributed by atoms with Crippen molar-refractivity contribution in [3.05, 3.63) is 89.5 Å². The van der Waals surface area contributed by atoms with Gasteiger partial charge in [-0.3, -0.25) is 4.79 Å². The summed E-state index contributed by atoms with van der Waals surface area (Å²) in [5.74, 6) is -0.424. The van der Waals surface area contributed by atoms with E-state index in [1.54, 1.807) is 6.07 Å². The van der Waals surface area contributed by atoms with Crippen LogP contribution in [0.3, 0.4) is 0 Å². The van der Waals surface area contributed by atoms with Gasteiger partial charge in [-0.2, -0.15) is 8.78 Å². The van der Waals surface area contributed by atoms with Crippen LogP contribution >= 0.6 is 0 Å². The summed E-state index contributed by atoms with van der Waals surface area (Å²) in [6.45, 7) is -2.97. The Kier molecular flexibility index (Phi) is 6.71. The zero-order valence-electron chi connectivity index (χ0n) is 17.5. The number of sulfonamides is 1. The van der Waals surface area contributed by atoms with Crippen LogP contribution in [0.25, 0.3) is 0 Å². The summed E-state index contributed by atoms with van der Waals surface area (Å²) in [6, 6.07) is 19.3. The summed E-state index contributed by atoms with van der Waals surface area (Å²) in [4.78, 5) is 12.8. The van der Waals surface area contributed by atoms with Gasteiger partial charge in [0.05, 0.1) is 4.90 Å². The third-order valence-corrected chi connectivity index (χ3v) is 6.63. The maximum Gasteiger partial charge on any atom is 0.387 e. The van der Waals surface area contributed by atoms with E-state index in [9.17, 15) is 22.0 Å². The lowest BCUT2D eigenvalue weighted by Crippen LogP contribution is -2.25. The van der Waals surface area contributed by atoms with Crippen molar-refractivity contribution >= 4 is 21.6 Å². The van der Waals surface area contributed by atoms with Gasteiger partial charge in [-0.15, -0.1) is 0 Å². The zero-order chi connectivity index (χ0) is 23.4. The predicted octanol–water partition coefficient (Wildman–Crippen LogP) is 4.57. The first-order valence-corrected chi connectivity index (χ1v) is 11.8. The second kappa shape index (κ2) is 9.68. The van der Waals surface area contributed by atoms with E-state index in [0.29, 0.717) is 17.7 Å². The summed E-state index contributed by atoms with van der Waals surface area (Å²) in [5, 5.41) is 2.72. The molecule has 1 aliphatic carbocycles. The number of carbonyl (C=O) groups excluding carboxylic acids is 1. The zero-order valence-corrected chi connectivity index (χ0v) is 18.3. The smallest absolute Gasteiger partial charge is 0.387 e. The van der Waals surface area contributed by atoms with Crippen LogP contribution in [-0.4, -0.2) is 27.0 Å². The van der Waals surface area contributed by atoms with E-state index in [0.717, 1.165) is 18.4 Å². The van der Waals surface area contributed by atoms with Crippen molar-refractivity contribution in [3.8, 4) is 5.75 Å². The van der Waals surface area contributed by atoms with Crippen LogP contribution in [0.2, 0.25) is 0 Å². The van der Waals surface area contributed by atoms with Gasteiger partial charge in [-0.1, -0.05) is 30.3 Å². The van der Waals surface area contributed by atoms with Crippen LogP contribution in [0, 0.1) is 0 Å². The Morgan fingerprint density at radius 3 is 2.33 bits per heavy atom. The maximum absolute atomic E-state index is 12.8. The highest BCUT2D eigenvalue weighted by molar-refractivity contribution is 7.89. The molecule has 1 amide bonds. The van der Waals surface area contributed by atoms with E-state index < -0.39 is 22.5 Å². The number of ether oxygens (including phenoxy) is 1. The first-order chi connectivity index (χ1) is 15.8.